The summed E-state index contributed by atoms with van der Waals surface area (Å²) in [5.74, 6) is 0.990. The number of rotatable bonds is 8. The number of thiazole rings is 1. The molecule has 0 spiro atoms. The topological polar surface area (TPSA) is 110 Å². The maximum atomic E-state index is 12.4. The molecule has 1 saturated heterocycles. The minimum absolute atomic E-state index is 0.00626. The fraction of sp³-hybridized carbons (Fsp3) is 0.478. The number of H-pyrrole nitrogens is 1. The summed E-state index contributed by atoms with van der Waals surface area (Å²) in [6.07, 6.45) is 7.98. The van der Waals surface area contributed by atoms with Gasteiger partial charge >= 0.3 is 0 Å². The molecule has 2 fully saturated rings. The normalized spacial score (nSPS) is 22.4. The van der Waals surface area contributed by atoms with Crippen LogP contribution in [0.3, 0.4) is 0 Å². The molecule has 8 nitrogen and oxygen atoms in total. The first-order valence-electron chi connectivity index (χ1n) is 11.3. The van der Waals surface area contributed by atoms with E-state index in [4.69, 9.17) is 5.26 Å². The molecule has 1 unspecified atom stereocenters. The number of pyridine rings is 1. The zero-order valence-electron chi connectivity index (χ0n) is 18.2. The molecule has 5 rings (SSSR count). The number of hydrogen-bond donors (Lipinski definition) is 3. The van der Waals surface area contributed by atoms with E-state index in [9.17, 15) is 9.18 Å². The van der Waals surface area contributed by atoms with Gasteiger partial charge in [-0.25, -0.2) is 14.4 Å². The Morgan fingerprint density at radius 1 is 1.30 bits per heavy atom. The third kappa shape index (κ3) is 4.43. The molecule has 1 amide bonds. The summed E-state index contributed by atoms with van der Waals surface area (Å²) in [4.78, 5) is 27.3. The van der Waals surface area contributed by atoms with Gasteiger partial charge < -0.3 is 20.5 Å². The Morgan fingerprint density at radius 3 is 2.88 bits per heavy atom. The van der Waals surface area contributed by atoms with Gasteiger partial charge in [-0.2, -0.15) is 5.26 Å². The van der Waals surface area contributed by atoms with Gasteiger partial charge in [0.1, 0.15) is 22.2 Å². The first-order chi connectivity index (χ1) is 16.2. The smallest absolute Gasteiger partial charge is 0.263 e. The minimum Gasteiger partial charge on any atom is -0.381 e. The molecule has 1 aliphatic carbocycles. The van der Waals surface area contributed by atoms with Crippen LogP contribution in [-0.4, -0.2) is 64.7 Å². The Kier molecular flexibility index (Phi) is 6.24. The van der Waals surface area contributed by atoms with Crippen LogP contribution in [0.25, 0.3) is 21.6 Å². The average molecular weight is 468 g/mol. The molecule has 3 aromatic heterocycles. The predicted octanol–water partition coefficient (Wildman–Crippen LogP) is 3.42. The fourth-order valence-electron chi connectivity index (χ4n) is 5.19. The molecule has 172 valence electrons. The first-order valence-corrected chi connectivity index (χ1v) is 12.1. The summed E-state index contributed by atoms with van der Waals surface area (Å²) in [5, 5.41) is 16.9. The van der Waals surface area contributed by atoms with Crippen molar-refractivity contribution in [3.8, 4) is 16.6 Å². The number of likely N-dealkylation sites (tertiary alicyclic amines) is 1. The van der Waals surface area contributed by atoms with Crippen LogP contribution < -0.4 is 10.6 Å². The van der Waals surface area contributed by atoms with Crippen molar-refractivity contribution in [2.24, 2.45) is 11.8 Å². The van der Waals surface area contributed by atoms with E-state index in [2.05, 4.69) is 36.6 Å². The van der Waals surface area contributed by atoms with Crippen LogP contribution in [0.1, 0.15) is 28.9 Å². The van der Waals surface area contributed by atoms with E-state index in [1.54, 1.807) is 6.20 Å². The summed E-state index contributed by atoms with van der Waals surface area (Å²) in [7, 11) is 0. The van der Waals surface area contributed by atoms with Crippen LogP contribution in [0.15, 0.2) is 24.7 Å². The lowest BCUT2D eigenvalue weighted by molar-refractivity contribution is 0.0954. The molecule has 3 atom stereocenters. The van der Waals surface area contributed by atoms with Gasteiger partial charge in [0.2, 0.25) is 0 Å². The highest BCUT2D eigenvalue weighted by molar-refractivity contribution is 7.17. The number of carbonyl (C=O) groups excluding carboxylic acids is 1. The predicted molar refractivity (Wildman–Crippen MR) is 126 cm³/mol. The Hall–Kier alpha value is -3.03. The first kappa shape index (κ1) is 21.8. The SMILES string of the molecule is N#CCCN1C[C@H]2CC(Nc3c(-c4ncc(C(=O)NCCF)s4)cnc4[nH]ccc34)C[C@H]2C1. The molecule has 1 aliphatic heterocycles. The van der Waals surface area contributed by atoms with Crippen molar-refractivity contribution < 1.29 is 9.18 Å². The number of anilines is 1. The van der Waals surface area contributed by atoms with Gasteiger partial charge in [0.05, 0.1) is 23.5 Å². The lowest BCUT2D eigenvalue weighted by Crippen LogP contribution is -2.26. The Labute approximate surface area is 195 Å². The number of nitrogens with zero attached hydrogens (tertiary/aromatic N) is 4. The number of aromatic amines is 1. The van der Waals surface area contributed by atoms with E-state index >= 15 is 0 Å². The molecule has 4 heterocycles. The summed E-state index contributed by atoms with van der Waals surface area (Å²) in [6, 6.07) is 4.61. The lowest BCUT2D eigenvalue weighted by Gasteiger charge is -2.21. The monoisotopic (exact) mass is 467 g/mol. The second-order valence-electron chi connectivity index (χ2n) is 8.76. The number of aromatic nitrogens is 3. The van der Waals surface area contributed by atoms with Crippen LogP contribution in [0, 0.1) is 23.2 Å². The summed E-state index contributed by atoms with van der Waals surface area (Å²) >= 11 is 1.28. The van der Waals surface area contributed by atoms with Gasteiger partial charge in [-0.05, 0) is 30.7 Å². The zero-order valence-corrected chi connectivity index (χ0v) is 19.0. The van der Waals surface area contributed by atoms with Crippen molar-refractivity contribution in [3.05, 3.63) is 29.5 Å². The van der Waals surface area contributed by atoms with Crippen molar-refractivity contribution in [2.75, 3.05) is 38.2 Å². The van der Waals surface area contributed by atoms with Crippen LogP contribution in [0.4, 0.5) is 10.1 Å². The van der Waals surface area contributed by atoms with Gasteiger partial charge in [-0.1, -0.05) is 0 Å². The number of hydrogen-bond acceptors (Lipinski definition) is 7. The van der Waals surface area contributed by atoms with Gasteiger partial charge in [0.25, 0.3) is 5.91 Å². The molecule has 33 heavy (non-hydrogen) atoms. The number of fused-ring (bicyclic) bond motifs is 2. The second kappa shape index (κ2) is 9.45. The Balaban J connectivity index is 1.36. The molecule has 10 heteroatoms. The van der Waals surface area contributed by atoms with Crippen molar-refractivity contribution in [3.63, 3.8) is 0 Å². The number of carbonyl (C=O) groups is 1. The van der Waals surface area contributed by atoms with Crippen LogP contribution in [-0.2, 0) is 0 Å². The maximum absolute atomic E-state index is 12.4. The molecule has 1 saturated carbocycles. The van der Waals surface area contributed by atoms with Crippen molar-refractivity contribution in [1.29, 1.82) is 5.26 Å². The zero-order chi connectivity index (χ0) is 22.8. The number of amides is 1. The highest BCUT2D eigenvalue weighted by atomic mass is 32.1. The summed E-state index contributed by atoms with van der Waals surface area (Å²) < 4.78 is 12.4. The van der Waals surface area contributed by atoms with E-state index in [1.165, 1.54) is 17.5 Å². The number of nitrogens with one attached hydrogen (secondary N) is 3. The molecular weight excluding hydrogens is 441 g/mol. The second-order valence-corrected chi connectivity index (χ2v) is 9.79. The van der Waals surface area contributed by atoms with Crippen molar-refractivity contribution in [1.82, 2.24) is 25.2 Å². The molecular formula is C23H26FN7OS. The Bertz CT molecular complexity index is 1170. The molecule has 3 N–H and O–H groups in total. The van der Waals surface area contributed by atoms with Gasteiger partial charge in [-0.3, -0.25) is 4.79 Å². The van der Waals surface area contributed by atoms with Gasteiger partial charge in [-0.15, -0.1) is 11.3 Å². The van der Waals surface area contributed by atoms with Crippen molar-refractivity contribution in [2.45, 2.75) is 25.3 Å². The van der Waals surface area contributed by atoms with Crippen LogP contribution in [0.2, 0.25) is 0 Å². The van der Waals surface area contributed by atoms with Crippen LogP contribution >= 0.6 is 11.3 Å². The molecule has 0 bridgehead atoms. The molecule has 3 aromatic rings. The number of alkyl halides is 1. The summed E-state index contributed by atoms with van der Waals surface area (Å²) in [6.45, 7) is 2.40. The standard InChI is InChI=1S/C23H26FN7OS/c24-3-6-27-22(32)19-11-29-23(33-19)18-10-28-21-17(2-5-26-21)20(18)30-16-8-14-12-31(7-1-4-25)13-15(14)9-16/h2,5,10-11,14-16H,1,3,6-9,12-13H2,(H,27,32)(H2,26,28,30)/t14-,15+,16?. The largest absolute Gasteiger partial charge is 0.381 e. The average Bonchev–Trinajstić information content (AvgIpc) is 3.59. The number of halogens is 1. The highest BCUT2D eigenvalue weighted by Crippen LogP contribution is 2.42. The van der Waals surface area contributed by atoms with Gasteiger partial charge in [0, 0.05) is 56.4 Å². The third-order valence-corrected chi connectivity index (χ3v) is 7.67. The van der Waals surface area contributed by atoms with E-state index in [0.717, 1.165) is 54.8 Å². The lowest BCUT2D eigenvalue weighted by atomic mass is 10.0. The number of nitriles is 1. The van der Waals surface area contributed by atoms with E-state index < -0.39 is 6.67 Å². The van der Waals surface area contributed by atoms with Crippen molar-refractivity contribution >= 4 is 34.0 Å². The van der Waals surface area contributed by atoms with Gasteiger partial charge in [0.15, 0.2) is 0 Å². The Morgan fingerprint density at radius 2 is 2.12 bits per heavy atom. The van der Waals surface area contributed by atoms with E-state index in [0.29, 0.717) is 34.2 Å². The van der Waals surface area contributed by atoms with Crippen LogP contribution in [0.5, 0.6) is 0 Å². The van der Waals surface area contributed by atoms with E-state index in [1.807, 2.05) is 12.3 Å². The van der Waals surface area contributed by atoms with E-state index in [-0.39, 0.29) is 12.5 Å². The highest BCUT2D eigenvalue weighted by Gasteiger charge is 2.40. The maximum Gasteiger partial charge on any atom is 0.263 e. The quantitative estimate of drug-likeness (QED) is 0.468. The molecule has 0 radical (unpaired) electrons. The minimum atomic E-state index is -0.598. The fourth-order valence-corrected chi connectivity index (χ4v) is 6.04. The third-order valence-electron chi connectivity index (χ3n) is 6.64. The summed E-state index contributed by atoms with van der Waals surface area (Å²) in [5.41, 5.74) is 2.65. The molecule has 2 aliphatic rings. The molecule has 0 aromatic carbocycles.